The van der Waals surface area contributed by atoms with E-state index in [-0.39, 0.29) is 0 Å². The highest BCUT2D eigenvalue weighted by molar-refractivity contribution is 4.91. The van der Waals surface area contributed by atoms with Crippen LogP contribution in [0.5, 0.6) is 0 Å². The summed E-state index contributed by atoms with van der Waals surface area (Å²) >= 11 is 0. The molecule has 8 heavy (non-hydrogen) atoms. The standard InChI is InChI=1S/C7H13N/c8-7-4-5-1-2-6(7)3-5/h5-7H,1-4,8H2/t5?,6-,7+/m1/s1. The molecule has 2 fully saturated rings. The molecule has 46 valence electrons. The van der Waals surface area contributed by atoms with Crippen LogP contribution in [0.15, 0.2) is 0 Å². The highest BCUT2D eigenvalue weighted by Crippen LogP contribution is 2.43. The molecule has 1 unspecified atom stereocenters. The van der Waals surface area contributed by atoms with Gasteiger partial charge in [-0.15, -0.1) is 0 Å². The zero-order valence-electron chi connectivity index (χ0n) is 5.14. The van der Waals surface area contributed by atoms with Gasteiger partial charge in [-0.05, 0) is 31.1 Å². The molecule has 3 atom stereocenters. The summed E-state index contributed by atoms with van der Waals surface area (Å²) < 4.78 is 0. The predicted molar refractivity (Wildman–Crippen MR) is 33.4 cm³/mol. The van der Waals surface area contributed by atoms with E-state index in [2.05, 4.69) is 0 Å². The minimum atomic E-state index is 0.578. The van der Waals surface area contributed by atoms with Crippen LogP contribution in [0, 0.1) is 11.8 Å². The topological polar surface area (TPSA) is 26.0 Å². The molecule has 0 aromatic rings. The smallest absolute Gasteiger partial charge is 0.00699 e. The van der Waals surface area contributed by atoms with Crippen molar-refractivity contribution in [1.82, 2.24) is 0 Å². The molecule has 0 heterocycles. The van der Waals surface area contributed by atoms with E-state index in [1.165, 1.54) is 25.7 Å². The molecule has 0 aromatic carbocycles. The van der Waals surface area contributed by atoms with Gasteiger partial charge >= 0.3 is 0 Å². The number of fused-ring (bicyclic) bond motifs is 2. The Labute approximate surface area is 50.3 Å². The Hall–Kier alpha value is -0.0400. The molecular formula is C7H13N. The van der Waals surface area contributed by atoms with Crippen molar-refractivity contribution in [3.05, 3.63) is 0 Å². The van der Waals surface area contributed by atoms with Crippen LogP contribution >= 0.6 is 0 Å². The van der Waals surface area contributed by atoms with E-state index < -0.39 is 0 Å². The second-order valence-electron chi connectivity index (χ2n) is 3.34. The van der Waals surface area contributed by atoms with Gasteiger partial charge in [0.15, 0.2) is 0 Å². The Morgan fingerprint density at radius 1 is 1.12 bits per heavy atom. The molecule has 0 saturated heterocycles. The molecule has 0 aromatic heterocycles. The molecule has 0 radical (unpaired) electrons. The van der Waals surface area contributed by atoms with E-state index >= 15 is 0 Å². The fraction of sp³-hybridized carbons (Fsp3) is 1.00. The molecule has 0 aliphatic heterocycles. The van der Waals surface area contributed by atoms with Crippen molar-refractivity contribution in [3.63, 3.8) is 0 Å². The summed E-state index contributed by atoms with van der Waals surface area (Å²) in [5.74, 6) is 1.94. The molecule has 2 aliphatic carbocycles. The van der Waals surface area contributed by atoms with Gasteiger partial charge in [0.1, 0.15) is 0 Å². The Kier molecular flexibility index (Phi) is 0.884. The monoisotopic (exact) mass is 111 g/mol. The van der Waals surface area contributed by atoms with Crippen LogP contribution in [0.1, 0.15) is 25.7 Å². The van der Waals surface area contributed by atoms with Crippen LogP contribution in [0.3, 0.4) is 0 Å². The van der Waals surface area contributed by atoms with Crippen molar-refractivity contribution < 1.29 is 0 Å². The first-order chi connectivity index (χ1) is 3.86. The molecule has 0 spiro atoms. The molecule has 2 N–H and O–H groups in total. The fourth-order valence-corrected chi connectivity index (χ4v) is 2.29. The lowest BCUT2D eigenvalue weighted by Gasteiger charge is -2.15. The van der Waals surface area contributed by atoms with Crippen molar-refractivity contribution in [3.8, 4) is 0 Å². The van der Waals surface area contributed by atoms with Crippen LogP contribution in [0.4, 0.5) is 0 Å². The maximum Gasteiger partial charge on any atom is 0.00699 e. The van der Waals surface area contributed by atoms with Crippen molar-refractivity contribution in [2.24, 2.45) is 17.6 Å². The summed E-state index contributed by atoms with van der Waals surface area (Å²) in [6.45, 7) is 0. The zero-order valence-corrected chi connectivity index (χ0v) is 5.14. The van der Waals surface area contributed by atoms with Crippen molar-refractivity contribution in [1.29, 1.82) is 0 Å². The first-order valence-corrected chi connectivity index (χ1v) is 3.62. The SMILES string of the molecule is N[C@H]1CC2CC[C@@H]1C2. The summed E-state index contributed by atoms with van der Waals surface area (Å²) in [4.78, 5) is 0. The highest BCUT2D eigenvalue weighted by Gasteiger charge is 2.36. The largest absolute Gasteiger partial charge is 0.327 e. The van der Waals surface area contributed by atoms with Crippen LogP contribution in [-0.4, -0.2) is 6.04 Å². The maximum absolute atomic E-state index is 5.82. The summed E-state index contributed by atoms with van der Waals surface area (Å²) in [6, 6.07) is 0.578. The Bertz CT molecular complexity index is 98.6. The normalized spacial score (nSPS) is 52.9. The second-order valence-corrected chi connectivity index (χ2v) is 3.34. The second kappa shape index (κ2) is 1.47. The predicted octanol–water partition coefficient (Wildman–Crippen LogP) is 1.13. The molecule has 1 heteroatoms. The van der Waals surface area contributed by atoms with E-state index in [9.17, 15) is 0 Å². The minimum Gasteiger partial charge on any atom is -0.327 e. The third-order valence-corrected chi connectivity index (χ3v) is 2.79. The lowest BCUT2D eigenvalue weighted by molar-refractivity contribution is 0.418. The first-order valence-electron chi connectivity index (χ1n) is 3.62. The van der Waals surface area contributed by atoms with Crippen LogP contribution in [-0.2, 0) is 0 Å². The number of hydrogen-bond acceptors (Lipinski definition) is 1. The lowest BCUT2D eigenvalue weighted by Crippen LogP contribution is -2.26. The third kappa shape index (κ3) is 0.510. The van der Waals surface area contributed by atoms with Gasteiger partial charge < -0.3 is 5.73 Å². The van der Waals surface area contributed by atoms with Gasteiger partial charge in [-0.25, -0.2) is 0 Å². The van der Waals surface area contributed by atoms with Gasteiger partial charge in [0.2, 0.25) is 0 Å². The summed E-state index contributed by atoms with van der Waals surface area (Å²) in [6.07, 6.45) is 5.66. The molecule has 2 bridgehead atoms. The van der Waals surface area contributed by atoms with Crippen LogP contribution in [0.2, 0.25) is 0 Å². The maximum atomic E-state index is 5.82. The molecule has 1 nitrogen and oxygen atoms in total. The summed E-state index contributed by atoms with van der Waals surface area (Å²) in [5, 5.41) is 0. The van der Waals surface area contributed by atoms with Crippen molar-refractivity contribution >= 4 is 0 Å². The average molecular weight is 111 g/mol. The fourth-order valence-electron chi connectivity index (χ4n) is 2.29. The van der Waals surface area contributed by atoms with Gasteiger partial charge in [-0.2, -0.15) is 0 Å². The van der Waals surface area contributed by atoms with Crippen LogP contribution < -0.4 is 5.73 Å². The lowest BCUT2D eigenvalue weighted by atomic mass is 9.96. The molecule has 2 rings (SSSR count). The Balaban J connectivity index is 2.11. The third-order valence-electron chi connectivity index (χ3n) is 2.79. The van der Waals surface area contributed by atoms with Gasteiger partial charge in [-0.3, -0.25) is 0 Å². The number of nitrogens with two attached hydrogens (primary N) is 1. The molecule has 2 saturated carbocycles. The summed E-state index contributed by atoms with van der Waals surface area (Å²) in [7, 11) is 0. The van der Waals surface area contributed by atoms with Crippen molar-refractivity contribution in [2.75, 3.05) is 0 Å². The molecule has 2 aliphatic rings. The Morgan fingerprint density at radius 3 is 2.25 bits per heavy atom. The van der Waals surface area contributed by atoms with Gasteiger partial charge in [-0.1, -0.05) is 6.42 Å². The van der Waals surface area contributed by atoms with Gasteiger partial charge in [0, 0.05) is 6.04 Å². The van der Waals surface area contributed by atoms with Crippen molar-refractivity contribution in [2.45, 2.75) is 31.7 Å². The van der Waals surface area contributed by atoms with E-state index in [4.69, 9.17) is 5.73 Å². The minimum absolute atomic E-state index is 0.578. The van der Waals surface area contributed by atoms with Gasteiger partial charge in [0.05, 0.1) is 0 Å². The average Bonchev–Trinajstić information content (AvgIpc) is 2.23. The summed E-state index contributed by atoms with van der Waals surface area (Å²) in [5.41, 5.74) is 5.82. The van der Waals surface area contributed by atoms with E-state index in [0.717, 1.165) is 11.8 Å². The first kappa shape index (κ1) is 4.80. The van der Waals surface area contributed by atoms with E-state index in [1.807, 2.05) is 0 Å². The van der Waals surface area contributed by atoms with Crippen LogP contribution in [0.25, 0.3) is 0 Å². The highest BCUT2D eigenvalue weighted by atomic mass is 14.7. The molecular weight excluding hydrogens is 98.1 g/mol. The quantitative estimate of drug-likeness (QED) is 0.498. The number of hydrogen-bond donors (Lipinski definition) is 1. The van der Waals surface area contributed by atoms with Gasteiger partial charge in [0.25, 0.3) is 0 Å². The van der Waals surface area contributed by atoms with E-state index in [0.29, 0.717) is 6.04 Å². The van der Waals surface area contributed by atoms with E-state index in [1.54, 1.807) is 0 Å². The number of rotatable bonds is 0. The zero-order chi connectivity index (χ0) is 5.56. The molecule has 0 amide bonds. The Morgan fingerprint density at radius 2 is 2.00 bits per heavy atom.